The van der Waals surface area contributed by atoms with Gasteiger partial charge in [-0.3, -0.25) is 0 Å². The van der Waals surface area contributed by atoms with Crippen molar-refractivity contribution in [1.29, 1.82) is 0 Å². The highest BCUT2D eigenvalue weighted by atomic mass is 35.5. The van der Waals surface area contributed by atoms with Crippen LogP contribution in [0.5, 0.6) is 0 Å². The molecule has 0 saturated carbocycles. The lowest BCUT2D eigenvalue weighted by molar-refractivity contribution is 1.03. The lowest BCUT2D eigenvalue weighted by Gasteiger charge is -2.02. The predicted molar refractivity (Wildman–Crippen MR) is 62.6 cm³/mol. The number of hydrogen-bond donors (Lipinski definition) is 0. The highest BCUT2D eigenvalue weighted by molar-refractivity contribution is 6.50. The molecule has 0 bridgehead atoms. The minimum absolute atomic E-state index is 0.998. The number of benzene rings is 1. The largest absolute Gasteiger partial charge is 0.0837 e. The molecule has 74 valence electrons. The maximum Gasteiger partial charge on any atom is 0.0476 e. The summed E-state index contributed by atoms with van der Waals surface area (Å²) in [6, 6.07) is 6.67. The van der Waals surface area contributed by atoms with Gasteiger partial charge in [0, 0.05) is 5.03 Å². The Hall–Kier alpha value is -0.750. The second-order valence-electron chi connectivity index (χ2n) is 3.79. The van der Waals surface area contributed by atoms with Crippen LogP contribution in [0.25, 0.3) is 5.03 Å². The maximum atomic E-state index is 6.32. The molecular formula is C13H15Cl. The van der Waals surface area contributed by atoms with Gasteiger partial charge in [-0.15, -0.1) is 0 Å². The molecule has 1 aromatic carbocycles. The smallest absolute Gasteiger partial charge is 0.0476 e. The summed E-state index contributed by atoms with van der Waals surface area (Å²) >= 11 is 6.32. The highest BCUT2D eigenvalue weighted by Crippen LogP contribution is 2.37. The molecule has 0 unspecified atom stereocenters. The summed E-state index contributed by atoms with van der Waals surface area (Å²) in [6.45, 7) is 4.35. The fourth-order valence-corrected chi connectivity index (χ4v) is 2.36. The third kappa shape index (κ3) is 1.48. The summed E-state index contributed by atoms with van der Waals surface area (Å²) in [4.78, 5) is 0. The van der Waals surface area contributed by atoms with Crippen LogP contribution >= 0.6 is 11.6 Å². The van der Waals surface area contributed by atoms with Crippen LogP contribution in [0.2, 0.25) is 0 Å². The molecule has 0 saturated heterocycles. The predicted octanol–water partition coefficient (Wildman–Crippen LogP) is 4.17. The first kappa shape index (κ1) is 9.79. The Morgan fingerprint density at radius 2 is 2.00 bits per heavy atom. The molecule has 0 aliphatic heterocycles. The van der Waals surface area contributed by atoms with Crippen molar-refractivity contribution >= 4 is 16.6 Å². The molecule has 0 radical (unpaired) electrons. The fraction of sp³-hybridized carbons (Fsp3) is 0.385. The summed E-state index contributed by atoms with van der Waals surface area (Å²) < 4.78 is 0. The average molecular weight is 207 g/mol. The van der Waals surface area contributed by atoms with Gasteiger partial charge in [-0.2, -0.15) is 0 Å². The Kier molecular flexibility index (Phi) is 2.64. The molecule has 0 amide bonds. The van der Waals surface area contributed by atoms with E-state index in [0.29, 0.717) is 0 Å². The number of allylic oxidation sites excluding steroid dienone is 1. The van der Waals surface area contributed by atoms with Gasteiger partial charge in [-0.05, 0) is 47.6 Å². The molecule has 0 aromatic heterocycles. The second-order valence-corrected chi connectivity index (χ2v) is 4.17. The van der Waals surface area contributed by atoms with Gasteiger partial charge in [0.15, 0.2) is 0 Å². The van der Waals surface area contributed by atoms with Crippen LogP contribution < -0.4 is 0 Å². The molecule has 1 aliphatic rings. The number of aryl methyl sites for hydroxylation is 1. The first-order valence-electron chi connectivity index (χ1n) is 5.26. The van der Waals surface area contributed by atoms with Crippen LogP contribution in [0.15, 0.2) is 23.8 Å². The summed E-state index contributed by atoms with van der Waals surface area (Å²) in [5.41, 5.74) is 5.42. The lowest BCUT2D eigenvalue weighted by Crippen LogP contribution is -1.86. The van der Waals surface area contributed by atoms with Crippen molar-refractivity contribution in [2.24, 2.45) is 0 Å². The second kappa shape index (κ2) is 3.78. The average Bonchev–Trinajstić information content (AvgIpc) is 2.55. The normalized spacial score (nSPS) is 14.8. The van der Waals surface area contributed by atoms with E-state index < -0.39 is 0 Å². The van der Waals surface area contributed by atoms with E-state index in [-0.39, 0.29) is 0 Å². The molecule has 1 aliphatic carbocycles. The third-order valence-electron chi connectivity index (χ3n) is 2.96. The first-order valence-corrected chi connectivity index (χ1v) is 5.63. The Balaban J connectivity index is 2.46. The zero-order valence-corrected chi connectivity index (χ0v) is 9.49. The third-order valence-corrected chi connectivity index (χ3v) is 3.43. The molecule has 2 rings (SSSR count). The molecule has 1 aromatic rings. The minimum atomic E-state index is 0.998. The van der Waals surface area contributed by atoms with Gasteiger partial charge in [-0.1, -0.05) is 37.6 Å². The van der Waals surface area contributed by atoms with E-state index in [1.54, 1.807) is 0 Å². The topological polar surface area (TPSA) is 0 Å². The molecular weight excluding hydrogens is 192 g/mol. The Morgan fingerprint density at radius 3 is 2.64 bits per heavy atom. The molecule has 1 heteroatoms. The molecule has 0 nitrogen and oxygen atoms in total. The molecule has 0 heterocycles. The Bertz CT molecular complexity index is 388. The summed E-state index contributed by atoms with van der Waals surface area (Å²) in [7, 11) is 0. The van der Waals surface area contributed by atoms with Crippen molar-refractivity contribution in [3.63, 3.8) is 0 Å². The van der Waals surface area contributed by atoms with Crippen LogP contribution in [0.1, 0.15) is 37.0 Å². The van der Waals surface area contributed by atoms with Crippen LogP contribution in [-0.2, 0) is 12.8 Å². The molecule has 14 heavy (non-hydrogen) atoms. The first-order chi connectivity index (χ1) is 6.76. The number of hydrogen-bond acceptors (Lipinski definition) is 0. The van der Waals surface area contributed by atoms with E-state index >= 15 is 0 Å². The van der Waals surface area contributed by atoms with E-state index in [1.165, 1.54) is 22.3 Å². The van der Waals surface area contributed by atoms with Gasteiger partial charge < -0.3 is 0 Å². The number of rotatable bonds is 2. The minimum Gasteiger partial charge on any atom is -0.0837 e. The zero-order valence-electron chi connectivity index (χ0n) is 8.73. The fourth-order valence-electron chi connectivity index (χ4n) is 1.98. The molecule has 0 N–H and O–H groups in total. The van der Waals surface area contributed by atoms with E-state index in [2.05, 4.69) is 32.0 Å². The van der Waals surface area contributed by atoms with Crippen molar-refractivity contribution < 1.29 is 0 Å². The Morgan fingerprint density at radius 1 is 1.21 bits per heavy atom. The van der Waals surface area contributed by atoms with E-state index in [9.17, 15) is 0 Å². The van der Waals surface area contributed by atoms with Gasteiger partial charge in [-0.25, -0.2) is 0 Å². The summed E-state index contributed by atoms with van der Waals surface area (Å²) in [6.07, 6.45) is 3.20. The van der Waals surface area contributed by atoms with Crippen molar-refractivity contribution in [3.05, 3.63) is 40.5 Å². The SMILES string of the molecule is CCC1=C(Cl)c2cc(CC)ccc2C1. The van der Waals surface area contributed by atoms with Crippen LogP contribution in [0.4, 0.5) is 0 Å². The monoisotopic (exact) mass is 206 g/mol. The quantitative estimate of drug-likeness (QED) is 0.682. The molecule has 0 fully saturated rings. The van der Waals surface area contributed by atoms with E-state index in [0.717, 1.165) is 24.3 Å². The van der Waals surface area contributed by atoms with Crippen molar-refractivity contribution in [1.82, 2.24) is 0 Å². The summed E-state index contributed by atoms with van der Waals surface area (Å²) in [5, 5.41) is 0.998. The van der Waals surface area contributed by atoms with Crippen molar-refractivity contribution in [2.75, 3.05) is 0 Å². The van der Waals surface area contributed by atoms with Gasteiger partial charge in [0.1, 0.15) is 0 Å². The highest BCUT2D eigenvalue weighted by Gasteiger charge is 2.18. The number of halogens is 1. The van der Waals surface area contributed by atoms with Crippen LogP contribution in [0.3, 0.4) is 0 Å². The van der Waals surface area contributed by atoms with Gasteiger partial charge in [0.25, 0.3) is 0 Å². The van der Waals surface area contributed by atoms with Gasteiger partial charge in [0.05, 0.1) is 0 Å². The van der Waals surface area contributed by atoms with Crippen molar-refractivity contribution in [3.8, 4) is 0 Å². The van der Waals surface area contributed by atoms with Crippen molar-refractivity contribution in [2.45, 2.75) is 33.1 Å². The maximum absolute atomic E-state index is 6.32. The van der Waals surface area contributed by atoms with Gasteiger partial charge in [0.2, 0.25) is 0 Å². The lowest BCUT2D eigenvalue weighted by atomic mass is 10.0. The molecule has 0 spiro atoms. The van der Waals surface area contributed by atoms with Crippen LogP contribution in [0, 0.1) is 0 Å². The van der Waals surface area contributed by atoms with Gasteiger partial charge >= 0.3 is 0 Å². The van der Waals surface area contributed by atoms with Crippen LogP contribution in [-0.4, -0.2) is 0 Å². The summed E-state index contributed by atoms with van der Waals surface area (Å²) in [5.74, 6) is 0. The molecule has 0 atom stereocenters. The zero-order chi connectivity index (χ0) is 10.1. The van der Waals surface area contributed by atoms with E-state index in [1.807, 2.05) is 0 Å². The van der Waals surface area contributed by atoms with E-state index in [4.69, 9.17) is 11.6 Å². The standard InChI is InChI=1S/C13H15Cl/c1-3-9-5-6-11-8-10(4-2)13(14)12(11)7-9/h5-7H,3-4,8H2,1-2H3. The Labute approximate surface area is 90.6 Å². The number of fused-ring (bicyclic) bond motifs is 1.